The molecule has 0 fully saturated rings. The Labute approximate surface area is 171 Å². The maximum atomic E-state index is 13.1. The molecule has 6 heteroatoms. The fourth-order valence-electron chi connectivity index (χ4n) is 2.95. The molecule has 0 radical (unpaired) electrons. The van der Waals surface area contributed by atoms with E-state index >= 15 is 0 Å². The Bertz CT molecular complexity index is 944. The van der Waals surface area contributed by atoms with Gasteiger partial charge in [-0.1, -0.05) is 42.5 Å². The molecule has 1 amide bonds. The van der Waals surface area contributed by atoms with Crippen LogP contribution < -0.4 is 10.1 Å². The van der Waals surface area contributed by atoms with Crippen molar-refractivity contribution < 1.29 is 9.53 Å². The Morgan fingerprint density at radius 2 is 1.79 bits per heavy atom. The van der Waals surface area contributed by atoms with Gasteiger partial charge in [0, 0.05) is 18.7 Å². The summed E-state index contributed by atoms with van der Waals surface area (Å²) in [7, 11) is 0. The molecule has 0 saturated heterocycles. The summed E-state index contributed by atoms with van der Waals surface area (Å²) in [6.45, 7) is 7.02. The number of rotatable bonds is 8. The van der Waals surface area contributed by atoms with Gasteiger partial charge in [0.2, 0.25) is 0 Å². The van der Waals surface area contributed by atoms with Gasteiger partial charge in [-0.25, -0.2) is 9.97 Å². The number of aromatic nitrogens is 2. The molecule has 1 aromatic heterocycles. The lowest BCUT2D eigenvalue weighted by molar-refractivity contribution is 0.0684. The summed E-state index contributed by atoms with van der Waals surface area (Å²) >= 11 is 0. The van der Waals surface area contributed by atoms with Crippen LogP contribution in [0.15, 0.2) is 67.0 Å². The minimum absolute atomic E-state index is 0.0350. The second-order valence-electron chi connectivity index (χ2n) is 6.86. The van der Waals surface area contributed by atoms with Crippen LogP contribution >= 0.6 is 0 Å². The van der Waals surface area contributed by atoms with Crippen LogP contribution in [0.3, 0.4) is 0 Å². The van der Waals surface area contributed by atoms with E-state index in [1.165, 1.54) is 6.33 Å². The van der Waals surface area contributed by atoms with E-state index in [0.29, 0.717) is 24.7 Å². The van der Waals surface area contributed by atoms with Gasteiger partial charge in [-0.15, -0.1) is 0 Å². The SMILES string of the molecule is CCOc1ccccc1Nc1cc(C(=O)N(Cc2ccccc2)C(C)C)ncn1. The van der Waals surface area contributed by atoms with Gasteiger partial charge < -0.3 is 15.0 Å². The Hall–Kier alpha value is -3.41. The number of carbonyl (C=O) groups is 1. The zero-order valence-electron chi connectivity index (χ0n) is 17.0. The normalized spacial score (nSPS) is 10.6. The summed E-state index contributed by atoms with van der Waals surface area (Å²) in [5.74, 6) is 1.14. The molecule has 0 saturated carbocycles. The number of amides is 1. The number of hydrogen-bond donors (Lipinski definition) is 1. The van der Waals surface area contributed by atoms with Gasteiger partial charge in [-0.2, -0.15) is 0 Å². The van der Waals surface area contributed by atoms with Crippen molar-refractivity contribution in [3.63, 3.8) is 0 Å². The van der Waals surface area contributed by atoms with E-state index in [-0.39, 0.29) is 11.9 Å². The molecule has 3 rings (SSSR count). The quantitative estimate of drug-likeness (QED) is 0.605. The van der Waals surface area contributed by atoms with E-state index in [9.17, 15) is 4.79 Å². The number of hydrogen-bond acceptors (Lipinski definition) is 5. The highest BCUT2D eigenvalue weighted by atomic mass is 16.5. The van der Waals surface area contributed by atoms with Crippen molar-refractivity contribution in [1.29, 1.82) is 0 Å². The van der Waals surface area contributed by atoms with Crippen molar-refractivity contribution >= 4 is 17.4 Å². The van der Waals surface area contributed by atoms with Crippen molar-refractivity contribution in [2.75, 3.05) is 11.9 Å². The van der Waals surface area contributed by atoms with Gasteiger partial charge in [0.25, 0.3) is 5.91 Å². The minimum Gasteiger partial charge on any atom is -0.492 e. The van der Waals surface area contributed by atoms with Gasteiger partial charge in [0.05, 0.1) is 12.3 Å². The summed E-state index contributed by atoms with van der Waals surface area (Å²) in [6, 6.07) is 19.3. The highest BCUT2D eigenvalue weighted by Crippen LogP contribution is 2.26. The Kier molecular flexibility index (Phi) is 6.79. The van der Waals surface area contributed by atoms with Crippen molar-refractivity contribution in [3.05, 3.63) is 78.2 Å². The standard InChI is InChI=1S/C23H26N4O2/c1-4-29-21-13-9-8-12-19(21)26-22-14-20(24-16-25-22)23(28)27(17(2)3)15-18-10-6-5-7-11-18/h5-14,16-17H,4,15H2,1-3H3,(H,24,25,26). The molecular weight excluding hydrogens is 364 g/mol. The number of nitrogens with one attached hydrogen (secondary N) is 1. The molecule has 6 nitrogen and oxygen atoms in total. The Morgan fingerprint density at radius 3 is 2.52 bits per heavy atom. The van der Waals surface area contributed by atoms with E-state index in [2.05, 4.69) is 15.3 Å². The van der Waals surface area contributed by atoms with Crippen LogP contribution in [-0.4, -0.2) is 33.4 Å². The fraction of sp³-hybridized carbons (Fsp3) is 0.261. The zero-order valence-corrected chi connectivity index (χ0v) is 17.0. The molecule has 29 heavy (non-hydrogen) atoms. The summed E-state index contributed by atoms with van der Waals surface area (Å²) in [4.78, 5) is 23.4. The fourth-order valence-corrected chi connectivity index (χ4v) is 2.95. The third kappa shape index (κ3) is 5.31. The zero-order chi connectivity index (χ0) is 20.6. The average molecular weight is 390 g/mol. The van der Waals surface area contributed by atoms with E-state index in [1.807, 2.05) is 75.4 Å². The lowest BCUT2D eigenvalue weighted by Crippen LogP contribution is -2.36. The number of nitrogens with zero attached hydrogens (tertiary/aromatic N) is 3. The summed E-state index contributed by atoms with van der Waals surface area (Å²) < 4.78 is 5.64. The van der Waals surface area contributed by atoms with Gasteiger partial charge in [0.15, 0.2) is 0 Å². The average Bonchev–Trinajstić information content (AvgIpc) is 2.74. The van der Waals surface area contributed by atoms with Crippen molar-refractivity contribution in [1.82, 2.24) is 14.9 Å². The number of anilines is 2. The molecular formula is C23H26N4O2. The molecule has 0 aliphatic rings. The van der Waals surface area contributed by atoms with Crippen molar-refractivity contribution in [2.24, 2.45) is 0 Å². The van der Waals surface area contributed by atoms with Gasteiger partial charge in [-0.05, 0) is 38.5 Å². The first-order chi connectivity index (χ1) is 14.1. The molecule has 1 heterocycles. The summed E-state index contributed by atoms with van der Waals surface area (Å²) in [5.41, 5.74) is 2.21. The van der Waals surface area contributed by atoms with Gasteiger partial charge >= 0.3 is 0 Å². The topological polar surface area (TPSA) is 67.3 Å². The summed E-state index contributed by atoms with van der Waals surface area (Å²) in [5, 5.41) is 3.22. The maximum absolute atomic E-state index is 13.1. The second-order valence-corrected chi connectivity index (χ2v) is 6.86. The predicted molar refractivity (Wildman–Crippen MR) is 114 cm³/mol. The first kappa shape index (κ1) is 20.3. The van der Waals surface area contributed by atoms with Crippen LogP contribution in [0.1, 0.15) is 36.8 Å². The van der Waals surface area contributed by atoms with Crippen LogP contribution in [0.2, 0.25) is 0 Å². The molecule has 0 bridgehead atoms. The highest BCUT2D eigenvalue weighted by Gasteiger charge is 2.21. The monoisotopic (exact) mass is 390 g/mol. The smallest absolute Gasteiger partial charge is 0.273 e. The largest absolute Gasteiger partial charge is 0.492 e. The van der Waals surface area contributed by atoms with E-state index < -0.39 is 0 Å². The van der Waals surface area contributed by atoms with E-state index in [4.69, 9.17) is 4.74 Å². The van der Waals surface area contributed by atoms with Crippen LogP contribution in [0, 0.1) is 0 Å². The van der Waals surface area contributed by atoms with Gasteiger partial charge in [0.1, 0.15) is 23.6 Å². The number of ether oxygens (including phenoxy) is 1. The van der Waals surface area contributed by atoms with Crippen molar-refractivity contribution in [3.8, 4) is 5.75 Å². The lowest BCUT2D eigenvalue weighted by atomic mass is 10.1. The minimum atomic E-state index is -0.132. The van der Waals surface area contributed by atoms with Crippen LogP contribution in [0.25, 0.3) is 0 Å². The maximum Gasteiger partial charge on any atom is 0.273 e. The van der Waals surface area contributed by atoms with Crippen molar-refractivity contribution in [2.45, 2.75) is 33.4 Å². The van der Waals surface area contributed by atoms with E-state index in [0.717, 1.165) is 17.0 Å². The molecule has 0 aliphatic heterocycles. The molecule has 3 aromatic rings. The Balaban J connectivity index is 1.81. The molecule has 150 valence electrons. The molecule has 0 unspecified atom stereocenters. The lowest BCUT2D eigenvalue weighted by Gasteiger charge is -2.26. The number of benzene rings is 2. The first-order valence-corrected chi connectivity index (χ1v) is 9.74. The molecule has 1 N–H and O–H groups in total. The predicted octanol–water partition coefficient (Wildman–Crippen LogP) is 4.67. The van der Waals surface area contributed by atoms with Crippen LogP contribution in [-0.2, 0) is 6.54 Å². The van der Waals surface area contributed by atoms with Gasteiger partial charge in [-0.3, -0.25) is 4.79 Å². The van der Waals surface area contributed by atoms with Crippen LogP contribution in [0.4, 0.5) is 11.5 Å². The molecule has 0 spiro atoms. The molecule has 0 aliphatic carbocycles. The molecule has 2 aromatic carbocycles. The highest BCUT2D eigenvalue weighted by molar-refractivity contribution is 5.93. The first-order valence-electron chi connectivity index (χ1n) is 9.74. The third-order valence-electron chi connectivity index (χ3n) is 4.42. The Morgan fingerprint density at radius 1 is 1.07 bits per heavy atom. The van der Waals surface area contributed by atoms with E-state index in [1.54, 1.807) is 11.0 Å². The van der Waals surface area contributed by atoms with Crippen LogP contribution in [0.5, 0.6) is 5.75 Å². The number of carbonyl (C=O) groups excluding carboxylic acids is 1. The summed E-state index contributed by atoms with van der Waals surface area (Å²) in [6.07, 6.45) is 1.40. The molecule has 0 atom stereocenters. The number of para-hydroxylation sites is 2. The third-order valence-corrected chi connectivity index (χ3v) is 4.42. The second kappa shape index (κ2) is 9.68.